The van der Waals surface area contributed by atoms with Gasteiger partial charge in [0, 0.05) is 6.42 Å². The standard InChI is InChI=1S/C22H21NO3S/c24-21(15-27)23-20(22(25)26-14-16-6-2-1-3-7-16)13-17-10-11-18-8-4-5-9-19(18)12-17/h1-12,20,27H,13-15H2,(H,23,24). The topological polar surface area (TPSA) is 55.4 Å². The van der Waals surface area contributed by atoms with Gasteiger partial charge in [-0.1, -0.05) is 72.8 Å². The molecule has 0 spiro atoms. The third-order valence-corrected chi connectivity index (χ3v) is 4.53. The lowest BCUT2D eigenvalue weighted by molar-refractivity contribution is -0.148. The number of hydrogen-bond acceptors (Lipinski definition) is 4. The van der Waals surface area contributed by atoms with Crippen molar-refractivity contribution in [2.45, 2.75) is 19.1 Å². The molecule has 3 aromatic rings. The molecule has 1 amide bonds. The van der Waals surface area contributed by atoms with Crippen molar-refractivity contribution in [1.29, 1.82) is 0 Å². The van der Waals surface area contributed by atoms with Crippen molar-refractivity contribution in [3.63, 3.8) is 0 Å². The van der Waals surface area contributed by atoms with Crippen LogP contribution in [0.2, 0.25) is 0 Å². The first-order valence-electron chi connectivity index (χ1n) is 8.74. The van der Waals surface area contributed by atoms with E-state index in [2.05, 4.69) is 17.9 Å². The first-order valence-corrected chi connectivity index (χ1v) is 9.37. The van der Waals surface area contributed by atoms with Crippen molar-refractivity contribution >= 4 is 35.3 Å². The number of hydrogen-bond donors (Lipinski definition) is 2. The maximum Gasteiger partial charge on any atom is 0.329 e. The quantitative estimate of drug-likeness (QED) is 0.488. The molecule has 1 atom stereocenters. The molecular formula is C22H21NO3S. The van der Waals surface area contributed by atoms with Gasteiger partial charge in [0.1, 0.15) is 12.6 Å². The van der Waals surface area contributed by atoms with Crippen LogP contribution in [0, 0.1) is 0 Å². The predicted octanol–water partition coefficient (Wildman–Crippen LogP) is 3.54. The second kappa shape index (κ2) is 9.24. The molecule has 0 radical (unpaired) electrons. The maximum absolute atomic E-state index is 12.6. The van der Waals surface area contributed by atoms with Gasteiger partial charge >= 0.3 is 5.97 Å². The molecule has 0 aliphatic heterocycles. The van der Waals surface area contributed by atoms with Crippen LogP contribution in [0.5, 0.6) is 0 Å². The molecule has 0 heterocycles. The minimum Gasteiger partial charge on any atom is -0.459 e. The van der Waals surface area contributed by atoms with E-state index >= 15 is 0 Å². The summed E-state index contributed by atoms with van der Waals surface area (Å²) in [5.41, 5.74) is 1.85. The fourth-order valence-corrected chi connectivity index (χ4v) is 2.96. The Balaban J connectivity index is 1.73. The summed E-state index contributed by atoms with van der Waals surface area (Å²) in [6.07, 6.45) is 0.359. The Morgan fingerprint density at radius 2 is 1.59 bits per heavy atom. The summed E-state index contributed by atoms with van der Waals surface area (Å²) in [5.74, 6) is -0.747. The van der Waals surface area contributed by atoms with Crippen LogP contribution < -0.4 is 5.32 Å². The van der Waals surface area contributed by atoms with Gasteiger partial charge in [-0.25, -0.2) is 4.79 Å². The molecule has 1 unspecified atom stereocenters. The molecular weight excluding hydrogens is 358 g/mol. The molecule has 4 nitrogen and oxygen atoms in total. The zero-order valence-corrected chi connectivity index (χ0v) is 15.7. The van der Waals surface area contributed by atoms with Crippen LogP contribution in [-0.4, -0.2) is 23.7 Å². The molecule has 0 saturated carbocycles. The Bertz CT molecular complexity index is 927. The Labute approximate surface area is 164 Å². The van der Waals surface area contributed by atoms with Gasteiger partial charge in [0.25, 0.3) is 0 Å². The Kier molecular flexibility index (Phi) is 6.49. The van der Waals surface area contributed by atoms with Gasteiger partial charge in [-0.3, -0.25) is 4.79 Å². The van der Waals surface area contributed by atoms with Gasteiger partial charge in [-0.05, 0) is 21.9 Å². The molecule has 27 heavy (non-hydrogen) atoms. The van der Waals surface area contributed by atoms with E-state index in [0.29, 0.717) is 6.42 Å². The average Bonchev–Trinajstić information content (AvgIpc) is 2.72. The molecule has 0 fully saturated rings. The summed E-state index contributed by atoms with van der Waals surface area (Å²) < 4.78 is 5.42. The van der Waals surface area contributed by atoms with E-state index in [1.54, 1.807) is 0 Å². The monoisotopic (exact) mass is 379 g/mol. The third kappa shape index (κ3) is 5.34. The lowest BCUT2D eigenvalue weighted by Crippen LogP contribution is -2.43. The van der Waals surface area contributed by atoms with Crippen molar-refractivity contribution in [3.8, 4) is 0 Å². The van der Waals surface area contributed by atoms with Crippen molar-refractivity contribution < 1.29 is 14.3 Å². The smallest absolute Gasteiger partial charge is 0.329 e. The molecule has 0 aliphatic carbocycles. The average molecular weight is 379 g/mol. The molecule has 0 aromatic heterocycles. The van der Waals surface area contributed by atoms with Crippen molar-refractivity contribution in [2.24, 2.45) is 0 Å². The van der Waals surface area contributed by atoms with Gasteiger partial charge in [0.2, 0.25) is 5.91 Å². The minimum absolute atomic E-state index is 0.0141. The Hall–Kier alpha value is -2.79. The molecule has 1 N–H and O–H groups in total. The number of ether oxygens (including phenoxy) is 1. The molecule has 138 valence electrons. The number of fused-ring (bicyclic) bond motifs is 1. The number of carbonyl (C=O) groups is 2. The molecule has 3 aromatic carbocycles. The lowest BCUT2D eigenvalue weighted by Gasteiger charge is -2.18. The summed E-state index contributed by atoms with van der Waals surface area (Å²) in [6.45, 7) is 0.171. The van der Waals surface area contributed by atoms with Gasteiger partial charge in [0.05, 0.1) is 5.75 Å². The number of benzene rings is 3. The predicted molar refractivity (Wildman–Crippen MR) is 110 cm³/mol. The number of amides is 1. The zero-order chi connectivity index (χ0) is 19.1. The second-order valence-corrected chi connectivity index (χ2v) is 6.57. The summed E-state index contributed by atoms with van der Waals surface area (Å²) in [4.78, 5) is 24.4. The van der Waals surface area contributed by atoms with E-state index < -0.39 is 12.0 Å². The molecule has 5 heteroatoms. The van der Waals surface area contributed by atoms with Crippen molar-refractivity contribution in [3.05, 3.63) is 83.9 Å². The van der Waals surface area contributed by atoms with Crippen LogP contribution in [0.1, 0.15) is 11.1 Å². The summed E-state index contributed by atoms with van der Waals surface area (Å²) in [5, 5.41) is 4.93. The van der Waals surface area contributed by atoms with Gasteiger partial charge in [0.15, 0.2) is 0 Å². The van der Waals surface area contributed by atoms with E-state index in [-0.39, 0.29) is 18.3 Å². The number of carbonyl (C=O) groups excluding carboxylic acids is 2. The molecule has 0 bridgehead atoms. The highest BCUT2D eigenvalue weighted by Gasteiger charge is 2.22. The minimum atomic E-state index is -0.755. The van der Waals surface area contributed by atoms with Crippen LogP contribution in [0.3, 0.4) is 0 Å². The number of rotatable bonds is 7. The van der Waals surface area contributed by atoms with E-state index in [9.17, 15) is 9.59 Å². The third-order valence-electron chi connectivity index (χ3n) is 4.24. The second-order valence-electron chi connectivity index (χ2n) is 6.26. The van der Waals surface area contributed by atoms with E-state index in [0.717, 1.165) is 21.9 Å². The van der Waals surface area contributed by atoms with E-state index in [1.807, 2.05) is 72.8 Å². The summed E-state index contributed by atoms with van der Waals surface area (Å²) in [7, 11) is 0. The van der Waals surface area contributed by atoms with Crippen molar-refractivity contribution in [2.75, 3.05) is 5.75 Å². The first-order chi connectivity index (χ1) is 13.2. The normalized spacial score (nSPS) is 11.7. The Morgan fingerprint density at radius 3 is 2.33 bits per heavy atom. The fourth-order valence-electron chi connectivity index (χ4n) is 2.86. The van der Waals surface area contributed by atoms with Gasteiger partial charge < -0.3 is 10.1 Å². The van der Waals surface area contributed by atoms with Crippen LogP contribution in [0.25, 0.3) is 10.8 Å². The number of nitrogens with one attached hydrogen (secondary N) is 1. The van der Waals surface area contributed by atoms with Gasteiger partial charge in [-0.2, -0.15) is 12.6 Å². The highest BCUT2D eigenvalue weighted by Crippen LogP contribution is 2.17. The maximum atomic E-state index is 12.6. The SMILES string of the molecule is O=C(CS)NC(Cc1ccc2ccccc2c1)C(=O)OCc1ccccc1. The number of esters is 1. The summed E-state index contributed by atoms with van der Waals surface area (Å²) >= 11 is 3.98. The summed E-state index contributed by atoms with van der Waals surface area (Å²) in [6, 6.07) is 22.7. The lowest BCUT2D eigenvalue weighted by atomic mass is 10.0. The molecule has 0 saturated heterocycles. The van der Waals surface area contributed by atoms with Gasteiger partial charge in [-0.15, -0.1) is 0 Å². The van der Waals surface area contributed by atoms with Crippen LogP contribution in [-0.2, 0) is 27.4 Å². The highest BCUT2D eigenvalue weighted by atomic mass is 32.1. The number of thiol groups is 1. The van der Waals surface area contributed by atoms with E-state index in [4.69, 9.17) is 4.74 Å². The zero-order valence-electron chi connectivity index (χ0n) is 14.8. The first kappa shape index (κ1) is 19.0. The van der Waals surface area contributed by atoms with Crippen LogP contribution >= 0.6 is 12.6 Å². The van der Waals surface area contributed by atoms with E-state index in [1.165, 1.54) is 0 Å². The highest BCUT2D eigenvalue weighted by molar-refractivity contribution is 7.81. The molecule has 0 aliphatic rings. The fraction of sp³-hybridized carbons (Fsp3) is 0.182. The van der Waals surface area contributed by atoms with Crippen LogP contribution in [0.4, 0.5) is 0 Å². The molecule has 3 rings (SSSR count). The Morgan fingerprint density at radius 1 is 0.889 bits per heavy atom. The van der Waals surface area contributed by atoms with Crippen molar-refractivity contribution in [1.82, 2.24) is 5.32 Å². The van der Waals surface area contributed by atoms with Crippen LogP contribution in [0.15, 0.2) is 72.8 Å². The largest absolute Gasteiger partial charge is 0.459 e.